The SMILES string of the molecule is COc1ccc(C(=O)O)c(N2CCC2C)c1. The fourth-order valence-electron chi connectivity index (χ4n) is 1.93. The molecule has 2 rings (SSSR count). The molecule has 0 spiro atoms. The molecule has 16 heavy (non-hydrogen) atoms. The zero-order valence-corrected chi connectivity index (χ0v) is 9.43. The van der Waals surface area contributed by atoms with E-state index in [-0.39, 0.29) is 0 Å². The lowest BCUT2D eigenvalue weighted by Gasteiger charge is -2.41. The summed E-state index contributed by atoms with van der Waals surface area (Å²) in [5, 5.41) is 9.12. The van der Waals surface area contributed by atoms with Crippen LogP contribution in [0, 0.1) is 0 Å². The molecular weight excluding hydrogens is 206 g/mol. The van der Waals surface area contributed by atoms with E-state index in [9.17, 15) is 4.79 Å². The molecule has 0 bridgehead atoms. The number of anilines is 1. The number of ether oxygens (including phenoxy) is 1. The van der Waals surface area contributed by atoms with E-state index in [1.54, 1.807) is 25.3 Å². The van der Waals surface area contributed by atoms with Gasteiger partial charge >= 0.3 is 5.97 Å². The molecule has 0 aliphatic carbocycles. The number of hydrogen-bond donors (Lipinski definition) is 1. The average molecular weight is 221 g/mol. The Balaban J connectivity index is 2.42. The molecule has 1 aromatic rings. The zero-order chi connectivity index (χ0) is 11.7. The van der Waals surface area contributed by atoms with E-state index in [4.69, 9.17) is 9.84 Å². The van der Waals surface area contributed by atoms with Crippen LogP contribution in [0.2, 0.25) is 0 Å². The summed E-state index contributed by atoms with van der Waals surface area (Å²) >= 11 is 0. The van der Waals surface area contributed by atoms with Crippen LogP contribution in [0.5, 0.6) is 5.75 Å². The zero-order valence-electron chi connectivity index (χ0n) is 9.43. The van der Waals surface area contributed by atoms with Gasteiger partial charge < -0.3 is 14.7 Å². The molecule has 1 fully saturated rings. The van der Waals surface area contributed by atoms with Gasteiger partial charge in [-0.25, -0.2) is 4.79 Å². The van der Waals surface area contributed by atoms with Crippen molar-refractivity contribution in [2.45, 2.75) is 19.4 Å². The summed E-state index contributed by atoms with van der Waals surface area (Å²) in [5.41, 5.74) is 1.10. The highest BCUT2D eigenvalue weighted by Crippen LogP contribution is 2.32. The highest BCUT2D eigenvalue weighted by atomic mass is 16.5. The molecule has 1 saturated heterocycles. The second-order valence-electron chi connectivity index (χ2n) is 4.02. The lowest BCUT2D eigenvalue weighted by atomic mass is 10.0. The van der Waals surface area contributed by atoms with E-state index < -0.39 is 5.97 Å². The van der Waals surface area contributed by atoms with Gasteiger partial charge in [-0.05, 0) is 25.5 Å². The van der Waals surface area contributed by atoms with E-state index in [1.165, 1.54) is 0 Å². The van der Waals surface area contributed by atoms with Crippen LogP contribution in [0.25, 0.3) is 0 Å². The Morgan fingerprint density at radius 2 is 2.31 bits per heavy atom. The Kier molecular flexibility index (Phi) is 2.73. The first-order chi connectivity index (χ1) is 7.63. The number of rotatable bonds is 3. The molecule has 0 aromatic heterocycles. The van der Waals surface area contributed by atoms with Gasteiger partial charge in [0.05, 0.1) is 18.4 Å². The van der Waals surface area contributed by atoms with Gasteiger partial charge in [0, 0.05) is 18.7 Å². The quantitative estimate of drug-likeness (QED) is 0.848. The second-order valence-corrected chi connectivity index (χ2v) is 4.02. The van der Waals surface area contributed by atoms with Crippen molar-refractivity contribution in [1.29, 1.82) is 0 Å². The molecule has 1 atom stereocenters. The fraction of sp³-hybridized carbons (Fsp3) is 0.417. The minimum Gasteiger partial charge on any atom is -0.497 e. The number of aromatic carboxylic acids is 1. The van der Waals surface area contributed by atoms with Crippen LogP contribution >= 0.6 is 0 Å². The van der Waals surface area contributed by atoms with Crippen LogP contribution in [-0.2, 0) is 0 Å². The van der Waals surface area contributed by atoms with Crippen molar-refractivity contribution in [3.05, 3.63) is 23.8 Å². The largest absolute Gasteiger partial charge is 0.497 e. The Morgan fingerprint density at radius 1 is 1.56 bits per heavy atom. The number of methoxy groups -OCH3 is 1. The number of carbonyl (C=O) groups is 1. The van der Waals surface area contributed by atoms with Crippen molar-refractivity contribution >= 4 is 11.7 Å². The molecule has 1 N–H and O–H groups in total. The molecule has 0 radical (unpaired) electrons. The van der Waals surface area contributed by atoms with Crippen molar-refractivity contribution < 1.29 is 14.6 Å². The van der Waals surface area contributed by atoms with E-state index in [1.807, 2.05) is 0 Å². The van der Waals surface area contributed by atoms with Crippen LogP contribution in [0.1, 0.15) is 23.7 Å². The van der Waals surface area contributed by atoms with Crippen molar-refractivity contribution in [2.75, 3.05) is 18.6 Å². The predicted octanol–water partition coefficient (Wildman–Crippen LogP) is 1.99. The number of hydrogen-bond acceptors (Lipinski definition) is 3. The molecule has 0 amide bonds. The van der Waals surface area contributed by atoms with Gasteiger partial charge in [0.1, 0.15) is 5.75 Å². The van der Waals surface area contributed by atoms with Gasteiger partial charge in [-0.15, -0.1) is 0 Å². The van der Waals surface area contributed by atoms with Crippen molar-refractivity contribution in [1.82, 2.24) is 0 Å². The first-order valence-electron chi connectivity index (χ1n) is 5.31. The first-order valence-corrected chi connectivity index (χ1v) is 5.31. The minimum atomic E-state index is -0.892. The molecule has 86 valence electrons. The highest BCUT2D eigenvalue weighted by Gasteiger charge is 2.27. The van der Waals surface area contributed by atoms with Crippen LogP contribution in [0.4, 0.5) is 5.69 Å². The molecular formula is C12H15NO3. The number of carboxylic acid groups (broad SMARTS) is 1. The summed E-state index contributed by atoms with van der Waals surface area (Å²) in [6.07, 6.45) is 1.11. The Bertz CT molecular complexity index is 417. The molecule has 1 heterocycles. The predicted molar refractivity (Wildman–Crippen MR) is 61.4 cm³/mol. The number of nitrogens with zero attached hydrogens (tertiary/aromatic N) is 1. The lowest BCUT2D eigenvalue weighted by Crippen LogP contribution is -2.46. The van der Waals surface area contributed by atoms with Crippen LogP contribution < -0.4 is 9.64 Å². The van der Waals surface area contributed by atoms with Crippen LogP contribution in [-0.4, -0.2) is 30.8 Å². The fourth-order valence-corrected chi connectivity index (χ4v) is 1.93. The summed E-state index contributed by atoms with van der Waals surface area (Å²) in [5.74, 6) is -0.198. The van der Waals surface area contributed by atoms with Gasteiger partial charge in [-0.1, -0.05) is 0 Å². The summed E-state index contributed by atoms with van der Waals surface area (Å²) in [6, 6.07) is 5.48. The molecule has 1 aliphatic rings. The third-order valence-corrected chi connectivity index (χ3v) is 3.06. The summed E-state index contributed by atoms with van der Waals surface area (Å²) < 4.78 is 5.12. The molecule has 1 aliphatic heterocycles. The normalized spacial score (nSPS) is 19.1. The Morgan fingerprint density at radius 3 is 2.75 bits per heavy atom. The maximum atomic E-state index is 11.1. The maximum absolute atomic E-state index is 11.1. The molecule has 4 heteroatoms. The van der Waals surface area contributed by atoms with Gasteiger partial charge in [0.2, 0.25) is 0 Å². The Labute approximate surface area is 94.4 Å². The number of carboxylic acids is 1. The van der Waals surface area contributed by atoms with Gasteiger partial charge in [-0.3, -0.25) is 0 Å². The smallest absolute Gasteiger partial charge is 0.337 e. The average Bonchev–Trinajstić information content (AvgIpc) is 2.26. The highest BCUT2D eigenvalue weighted by molar-refractivity contribution is 5.95. The van der Waals surface area contributed by atoms with E-state index in [2.05, 4.69) is 11.8 Å². The lowest BCUT2D eigenvalue weighted by molar-refractivity contribution is 0.0697. The van der Waals surface area contributed by atoms with Crippen molar-refractivity contribution in [3.63, 3.8) is 0 Å². The van der Waals surface area contributed by atoms with E-state index in [0.717, 1.165) is 18.7 Å². The first kappa shape index (κ1) is 10.8. The topological polar surface area (TPSA) is 49.8 Å². The molecule has 1 unspecified atom stereocenters. The minimum absolute atomic E-state index is 0.340. The summed E-state index contributed by atoms with van der Waals surface area (Å²) in [7, 11) is 1.58. The third kappa shape index (κ3) is 1.71. The standard InChI is InChI=1S/C12H15NO3/c1-8-5-6-13(8)11-7-9(16-2)3-4-10(11)12(14)15/h3-4,7-8H,5-6H2,1-2H3,(H,14,15). The van der Waals surface area contributed by atoms with Gasteiger partial charge in [0.25, 0.3) is 0 Å². The molecule has 1 aromatic carbocycles. The Hall–Kier alpha value is -1.71. The van der Waals surface area contributed by atoms with Crippen LogP contribution in [0.3, 0.4) is 0 Å². The van der Waals surface area contributed by atoms with E-state index in [0.29, 0.717) is 17.4 Å². The third-order valence-electron chi connectivity index (χ3n) is 3.06. The molecule has 4 nitrogen and oxygen atoms in total. The molecule has 0 saturated carbocycles. The second kappa shape index (κ2) is 4.04. The van der Waals surface area contributed by atoms with Gasteiger partial charge in [-0.2, -0.15) is 0 Å². The van der Waals surface area contributed by atoms with Crippen molar-refractivity contribution in [3.8, 4) is 5.75 Å². The van der Waals surface area contributed by atoms with Gasteiger partial charge in [0.15, 0.2) is 0 Å². The number of benzene rings is 1. The van der Waals surface area contributed by atoms with Crippen molar-refractivity contribution in [2.24, 2.45) is 0 Å². The summed E-state index contributed by atoms with van der Waals surface area (Å²) in [4.78, 5) is 13.2. The maximum Gasteiger partial charge on any atom is 0.337 e. The monoisotopic (exact) mass is 221 g/mol. The summed E-state index contributed by atoms with van der Waals surface area (Å²) in [6.45, 7) is 3.00. The van der Waals surface area contributed by atoms with E-state index >= 15 is 0 Å². The van der Waals surface area contributed by atoms with Crippen LogP contribution in [0.15, 0.2) is 18.2 Å².